The summed E-state index contributed by atoms with van der Waals surface area (Å²) < 4.78 is 12.7. The molecule has 2 N–H and O–H groups in total. The molecule has 0 aliphatic carbocycles. The Hall–Kier alpha value is -0.983. The third-order valence-corrected chi connectivity index (χ3v) is 11.8. The Kier molecular flexibility index (Phi) is 11.8. The summed E-state index contributed by atoms with van der Waals surface area (Å²) in [6, 6.07) is 10.2. The maximum Gasteiger partial charge on any atom is 0.192 e. The van der Waals surface area contributed by atoms with Crippen LogP contribution in [0.4, 0.5) is 0 Å². The zero-order valence-electron chi connectivity index (χ0n) is 21.7. The molecule has 0 spiro atoms. The molecule has 0 radical (unpaired) electrons. The van der Waals surface area contributed by atoms with Gasteiger partial charge >= 0.3 is 0 Å². The number of benzene rings is 1. The summed E-state index contributed by atoms with van der Waals surface area (Å²) in [5, 5.41) is 21.8. The van der Waals surface area contributed by atoms with Crippen LogP contribution in [0.15, 0.2) is 43.0 Å². The molecule has 5 heteroatoms. The van der Waals surface area contributed by atoms with E-state index >= 15 is 0 Å². The minimum absolute atomic E-state index is 0.0713. The Morgan fingerprint density at radius 2 is 1.59 bits per heavy atom. The van der Waals surface area contributed by atoms with Gasteiger partial charge in [0.15, 0.2) is 8.32 Å². The van der Waals surface area contributed by atoms with E-state index in [2.05, 4.69) is 59.5 Å². The van der Waals surface area contributed by atoms with Crippen LogP contribution in [-0.2, 0) is 15.8 Å². The molecule has 184 valence electrons. The lowest BCUT2D eigenvalue weighted by Crippen LogP contribution is -2.49. The third-order valence-electron chi connectivity index (χ3n) is 7.25. The van der Waals surface area contributed by atoms with Gasteiger partial charge in [-0.1, -0.05) is 78.0 Å². The molecule has 0 bridgehead atoms. The van der Waals surface area contributed by atoms with Crippen LogP contribution < -0.4 is 0 Å². The predicted molar refractivity (Wildman–Crippen MR) is 137 cm³/mol. The Balaban J connectivity index is 2.81. The lowest BCUT2D eigenvalue weighted by molar-refractivity contribution is -0.0522. The summed E-state index contributed by atoms with van der Waals surface area (Å²) in [7, 11) is -2.02. The summed E-state index contributed by atoms with van der Waals surface area (Å²) in [5.41, 5.74) is 1.17. The first-order valence-electron chi connectivity index (χ1n) is 12.1. The van der Waals surface area contributed by atoms with Crippen molar-refractivity contribution in [2.75, 3.05) is 6.61 Å². The highest BCUT2D eigenvalue weighted by molar-refractivity contribution is 6.74. The highest BCUT2D eigenvalue weighted by Crippen LogP contribution is 2.39. The van der Waals surface area contributed by atoms with E-state index in [9.17, 15) is 10.2 Å². The molecule has 4 nitrogen and oxygen atoms in total. The second kappa shape index (κ2) is 13.0. The minimum atomic E-state index is -2.02. The number of hydrogen-bond acceptors (Lipinski definition) is 4. The molecule has 0 saturated heterocycles. The summed E-state index contributed by atoms with van der Waals surface area (Å²) in [4.78, 5) is 0. The number of rotatable bonds is 14. The van der Waals surface area contributed by atoms with Crippen molar-refractivity contribution >= 4 is 8.32 Å². The third kappa shape index (κ3) is 8.75. The Labute approximate surface area is 198 Å². The molecule has 0 fully saturated rings. The first kappa shape index (κ1) is 29.0. The van der Waals surface area contributed by atoms with Crippen LogP contribution in [0.3, 0.4) is 0 Å². The number of aliphatic hydroxyl groups is 2. The standard InChI is InChI=1S/C27H48O4Si/c1-10-20(2)25(28)22(4)26(29)21(3)24(31-32(8,9)27(5,6)7)17-14-18-30-19-23-15-12-11-13-16-23/h10-13,15-16,20-22,24-26,28-29H,1,14,17-19H2,2-9H3/t20-,21+,22-,24-,25-,26+/m1/s1. The van der Waals surface area contributed by atoms with Gasteiger partial charge in [-0.2, -0.15) is 0 Å². The second-order valence-electron chi connectivity index (χ2n) is 10.9. The zero-order valence-corrected chi connectivity index (χ0v) is 22.7. The fraction of sp³-hybridized carbons (Fsp3) is 0.704. The van der Waals surface area contributed by atoms with E-state index in [4.69, 9.17) is 9.16 Å². The number of ether oxygens (including phenoxy) is 1. The van der Waals surface area contributed by atoms with E-state index in [0.29, 0.717) is 13.2 Å². The maximum atomic E-state index is 11.1. The lowest BCUT2D eigenvalue weighted by atomic mass is 9.81. The average molecular weight is 465 g/mol. The summed E-state index contributed by atoms with van der Waals surface area (Å²) in [5.74, 6) is -0.434. The summed E-state index contributed by atoms with van der Waals surface area (Å²) in [6.45, 7) is 22.1. The molecular formula is C27H48O4Si. The van der Waals surface area contributed by atoms with Crippen LogP contribution in [0.5, 0.6) is 0 Å². The molecule has 32 heavy (non-hydrogen) atoms. The van der Waals surface area contributed by atoms with Gasteiger partial charge in [0, 0.05) is 24.4 Å². The van der Waals surface area contributed by atoms with Gasteiger partial charge < -0.3 is 19.4 Å². The van der Waals surface area contributed by atoms with Crippen molar-refractivity contribution in [1.29, 1.82) is 0 Å². The first-order valence-corrected chi connectivity index (χ1v) is 15.0. The molecule has 0 aliphatic rings. The van der Waals surface area contributed by atoms with Crippen LogP contribution >= 0.6 is 0 Å². The van der Waals surface area contributed by atoms with Gasteiger partial charge in [-0.25, -0.2) is 0 Å². The molecule has 0 aromatic heterocycles. The van der Waals surface area contributed by atoms with E-state index in [1.165, 1.54) is 5.56 Å². The van der Waals surface area contributed by atoms with Crippen molar-refractivity contribution in [1.82, 2.24) is 0 Å². The molecule has 0 amide bonds. The summed E-state index contributed by atoms with van der Waals surface area (Å²) >= 11 is 0. The fourth-order valence-electron chi connectivity index (χ4n) is 3.65. The molecule has 0 saturated carbocycles. The van der Waals surface area contributed by atoms with Gasteiger partial charge in [0.25, 0.3) is 0 Å². The first-order chi connectivity index (χ1) is 14.8. The molecule has 0 unspecified atom stereocenters. The van der Waals surface area contributed by atoms with E-state index in [-0.39, 0.29) is 28.9 Å². The van der Waals surface area contributed by atoms with Crippen molar-refractivity contribution in [3.63, 3.8) is 0 Å². The predicted octanol–water partition coefficient (Wildman–Crippen LogP) is 6.19. The molecule has 1 aromatic rings. The molecule has 1 rings (SSSR count). The molecular weight excluding hydrogens is 416 g/mol. The van der Waals surface area contributed by atoms with Crippen LogP contribution in [0.1, 0.15) is 59.9 Å². The topological polar surface area (TPSA) is 58.9 Å². The van der Waals surface area contributed by atoms with Crippen molar-refractivity contribution in [2.45, 2.75) is 97.4 Å². The quantitative estimate of drug-likeness (QED) is 0.196. The van der Waals surface area contributed by atoms with Gasteiger partial charge in [-0.15, -0.1) is 6.58 Å². The van der Waals surface area contributed by atoms with Gasteiger partial charge in [-0.05, 0) is 36.5 Å². The van der Waals surface area contributed by atoms with Crippen LogP contribution in [0.25, 0.3) is 0 Å². The average Bonchev–Trinajstić information content (AvgIpc) is 2.75. The number of hydrogen-bond donors (Lipinski definition) is 2. The lowest BCUT2D eigenvalue weighted by Gasteiger charge is -2.43. The van der Waals surface area contributed by atoms with Crippen LogP contribution in [0.2, 0.25) is 18.1 Å². The van der Waals surface area contributed by atoms with Crippen LogP contribution in [-0.4, -0.2) is 43.4 Å². The Morgan fingerprint density at radius 1 is 1.00 bits per heavy atom. The summed E-state index contributed by atoms with van der Waals surface area (Å²) in [6.07, 6.45) is 2.05. The smallest absolute Gasteiger partial charge is 0.192 e. The normalized spacial score (nSPS) is 18.4. The van der Waals surface area contributed by atoms with Crippen molar-refractivity contribution in [2.24, 2.45) is 17.8 Å². The molecule has 0 aliphatic heterocycles. The van der Waals surface area contributed by atoms with Crippen LogP contribution in [0, 0.1) is 17.8 Å². The largest absolute Gasteiger partial charge is 0.414 e. The van der Waals surface area contributed by atoms with Crippen molar-refractivity contribution < 1.29 is 19.4 Å². The highest BCUT2D eigenvalue weighted by atomic mass is 28.4. The van der Waals surface area contributed by atoms with Gasteiger partial charge in [0.05, 0.1) is 24.9 Å². The Morgan fingerprint density at radius 3 is 2.12 bits per heavy atom. The second-order valence-corrected chi connectivity index (χ2v) is 15.6. The van der Waals surface area contributed by atoms with Gasteiger partial charge in [0.1, 0.15) is 0 Å². The Bertz CT molecular complexity index is 655. The maximum absolute atomic E-state index is 11.1. The highest BCUT2D eigenvalue weighted by Gasteiger charge is 2.42. The van der Waals surface area contributed by atoms with Gasteiger partial charge in [-0.3, -0.25) is 0 Å². The fourth-order valence-corrected chi connectivity index (χ4v) is 5.10. The number of aliphatic hydroxyl groups excluding tert-OH is 2. The molecule has 6 atom stereocenters. The monoisotopic (exact) mass is 464 g/mol. The SMILES string of the molecule is C=C[C@@H](C)[C@@H](O)[C@@H](C)[C@@H](O)[C@@H](C)[C@@H](CCCOCc1ccccc1)O[Si](C)(C)C(C)(C)C. The van der Waals surface area contributed by atoms with Crippen molar-refractivity contribution in [3.8, 4) is 0 Å². The van der Waals surface area contributed by atoms with E-state index < -0.39 is 20.5 Å². The van der Waals surface area contributed by atoms with Crippen molar-refractivity contribution in [3.05, 3.63) is 48.6 Å². The minimum Gasteiger partial charge on any atom is -0.414 e. The van der Waals surface area contributed by atoms with E-state index in [0.717, 1.165) is 12.8 Å². The van der Waals surface area contributed by atoms with Gasteiger partial charge in [0.2, 0.25) is 0 Å². The molecule has 0 heterocycles. The molecule has 1 aromatic carbocycles. The van der Waals surface area contributed by atoms with E-state index in [1.54, 1.807) is 6.08 Å². The van der Waals surface area contributed by atoms with E-state index in [1.807, 2.05) is 32.0 Å². The zero-order chi connectivity index (χ0) is 24.5.